The van der Waals surface area contributed by atoms with Gasteiger partial charge in [0.05, 0.1) is 6.61 Å². The lowest BCUT2D eigenvalue weighted by molar-refractivity contribution is -0.131. The molecule has 0 radical (unpaired) electrons. The second-order valence-corrected chi connectivity index (χ2v) is 5.85. The number of carbonyl (C=O) groups excluding carboxylic acids is 1. The van der Waals surface area contributed by atoms with Crippen LogP contribution in [0.25, 0.3) is 0 Å². The normalized spacial score (nSPS) is 20.6. The Morgan fingerprint density at radius 2 is 2.16 bits per heavy atom. The van der Waals surface area contributed by atoms with Crippen LogP contribution in [0.15, 0.2) is 22.7 Å². The van der Waals surface area contributed by atoms with Gasteiger partial charge in [-0.15, -0.1) is 0 Å². The van der Waals surface area contributed by atoms with E-state index >= 15 is 0 Å². The predicted octanol–water partition coefficient (Wildman–Crippen LogP) is 1.79. The number of likely N-dealkylation sites (N-methyl/N-ethyl adjacent to an activating group) is 1. The van der Waals surface area contributed by atoms with E-state index in [1.165, 1.54) is 0 Å². The van der Waals surface area contributed by atoms with Crippen molar-refractivity contribution in [1.82, 2.24) is 4.90 Å². The number of hydrogen-bond acceptors (Lipinski definition) is 3. The van der Waals surface area contributed by atoms with Crippen LogP contribution in [0.2, 0.25) is 0 Å². The second-order valence-electron chi connectivity index (χ2n) is 4.94. The molecule has 1 saturated heterocycles. The van der Waals surface area contributed by atoms with E-state index in [2.05, 4.69) is 15.9 Å². The molecular formula is C14H19BrN2O2. The van der Waals surface area contributed by atoms with Crippen LogP contribution in [0, 0.1) is 6.92 Å². The smallest absolute Gasteiger partial charge is 0.247 e. The van der Waals surface area contributed by atoms with E-state index in [1.54, 1.807) is 11.9 Å². The first-order valence-electron chi connectivity index (χ1n) is 6.43. The molecule has 0 spiro atoms. The zero-order valence-corrected chi connectivity index (χ0v) is 12.9. The average molecular weight is 327 g/mol. The molecule has 19 heavy (non-hydrogen) atoms. The number of carbonyl (C=O) groups is 1. The minimum atomic E-state index is -0.479. The molecular weight excluding hydrogens is 308 g/mol. The molecule has 1 unspecified atom stereocenters. The molecule has 104 valence electrons. The topological polar surface area (TPSA) is 43.8 Å². The number of benzene rings is 1. The molecule has 0 aliphatic carbocycles. The van der Waals surface area contributed by atoms with Crippen LogP contribution < -0.4 is 4.90 Å². The Morgan fingerprint density at radius 1 is 1.42 bits per heavy atom. The maximum atomic E-state index is 12.3. The summed E-state index contributed by atoms with van der Waals surface area (Å²) in [5.41, 5.74) is 2.12. The SMILES string of the molecule is Cc1cc(Br)ccc1N1CCCN(C)C(=O)C1CO. The number of halogens is 1. The number of aliphatic hydroxyl groups is 1. The maximum Gasteiger partial charge on any atom is 0.247 e. The molecule has 1 amide bonds. The molecule has 1 N–H and O–H groups in total. The highest BCUT2D eigenvalue weighted by Crippen LogP contribution is 2.27. The maximum absolute atomic E-state index is 12.3. The molecule has 1 aliphatic heterocycles. The van der Waals surface area contributed by atoms with Crippen LogP contribution >= 0.6 is 15.9 Å². The fourth-order valence-corrected chi connectivity index (χ4v) is 3.01. The van der Waals surface area contributed by atoms with Gasteiger partial charge in [0.2, 0.25) is 5.91 Å². The van der Waals surface area contributed by atoms with E-state index in [1.807, 2.05) is 30.0 Å². The lowest BCUT2D eigenvalue weighted by Gasteiger charge is -2.31. The molecule has 0 bridgehead atoms. The first-order valence-corrected chi connectivity index (χ1v) is 7.22. The van der Waals surface area contributed by atoms with E-state index in [0.717, 1.165) is 35.2 Å². The monoisotopic (exact) mass is 326 g/mol. The van der Waals surface area contributed by atoms with Gasteiger partial charge in [0.15, 0.2) is 0 Å². The number of aliphatic hydroxyl groups excluding tert-OH is 1. The van der Waals surface area contributed by atoms with Gasteiger partial charge < -0.3 is 14.9 Å². The Bertz CT molecular complexity index is 479. The Kier molecular flexibility index (Phi) is 4.47. The zero-order valence-electron chi connectivity index (χ0n) is 11.3. The van der Waals surface area contributed by atoms with Crippen molar-refractivity contribution in [1.29, 1.82) is 0 Å². The molecule has 1 aliphatic rings. The van der Waals surface area contributed by atoms with Crippen molar-refractivity contribution in [3.8, 4) is 0 Å². The minimum Gasteiger partial charge on any atom is -0.394 e. The largest absolute Gasteiger partial charge is 0.394 e. The molecule has 1 aromatic carbocycles. The molecule has 0 aromatic heterocycles. The Hall–Kier alpha value is -1.07. The summed E-state index contributed by atoms with van der Waals surface area (Å²) in [6.45, 7) is 3.39. The number of anilines is 1. The standard InChI is InChI=1S/C14H19BrN2O2/c1-10-8-11(15)4-5-12(10)17-7-3-6-16(2)14(19)13(17)9-18/h4-5,8,13,18H,3,6-7,9H2,1-2H3. The third-order valence-corrected chi connectivity index (χ3v) is 4.06. The minimum absolute atomic E-state index is 0.0117. The molecule has 1 fully saturated rings. The van der Waals surface area contributed by atoms with E-state index in [-0.39, 0.29) is 12.5 Å². The van der Waals surface area contributed by atoms with Crippen molar-refractivity contribution in [2.24, 2.45) is 0 Å². The first-order chi connectivity index (χ1) is 9.04. The molecule has 0 saturated carbocycles. The molecule has 5 heteroatoms. The Labute approximate surface area is 122 Å². The number of rotatable bonds is 2. The van der Waals surface area contributed by atoms with Crippen LogP contribution in [0.1, 0.15) is 12.0 Å². The van der Waals surface area contributed by atoms with E-state index in [4.69, 9.17) is 0 Å². The summed E-state index contributed by atoms with van der Waals surface area (Å²) in [4.78, 5) is 16.0. The third kappa shape index (κ3) is 2.92. The number of nitrogens with zero attached hydrogens (tertiary/aromatic N) is 2. The van der Waals surface area contributed by atoms with Crippen molar-refractivity contribution < 1.29 is 9.90 Å². The first kappa shape index (κ1) is 14.3. The van der Waals surface area contributed by atoms with Gasteiger partial charge in [0, 0.05) is 30.3 Å². The highest BCUT2D eigenvalue weighted by atomic mass is 79.9. The van der Waals surface area contributed by atoms with E-state index in [9.17, 15) is 9.90 Å². The molecule has 2 rings (SSSR count). The van der Waals surface area contributed by atoms with E-state index in [0.29, 0.717) is 0 Å². The zero-order chi connectivity index (χ0) is 14.0. The number of aryl methyl sites for hydroxylation is 1. The molecule has 4 nitrogen and oxygen atoms in total. The quantitative estimate of drug-likeness (QED) is 0.901. The Morgan fingerprint density at radius 3 is 2.79 bits per heavy atom. The summed E-state index contributed by atoms with van der Waals surface area (Å²) >= 11 is 3.45. The highest BCUT2D eigenvalue weighted by Gasteiger charge is 2.31. The number of amides is 1. The van der Waals surface area contributed by atoms with Crippen molar-refractivity contribution in [3.63, 3.8) is 0 Å². The fourth-order valence-electron chi connectivity index (χ4n) is 2.54. The van der Waals surface area contributed by atoms with Crippen molar-refractivity contribution in [3.05, 3.63) is 28.2 Å². The molecule has 1 heterocycles. The van der Waals surface area contributed by atoms with Crippen LogP contribution in [-0.2, 0) is 4.79 Å². The molecule has 1 aromatic rings. The molecule has 1 atom stereocenters. The predicted molar refractivity (Wildman–Crippen MR) is 79.4 cm³/mol. The number of hydrogen-bond donors (Lipinski definition) is 1. The Balaban J connectivity index is 2.37. The fraction of sp³-hybridized carbons (Fsp3) is 0.500. The lowest BCUT2D eigenvalue weighted by atomic mass is 10.1. The highest BCUT2D eigenvalue weighted by molar-refractivity contribution is 9.10. The summed E-state index contributed by atoms with van der Waals surface area (Å²) in [5.74, 6) is -0.0117. The van der Waals surface area contributed by atoms with Crippen molar-refractivity contribution in [2.45, 2.75) is 19.4 Å². The summed E-state index contributed by atoms with van der Waals surface area (Å²) in [6.07, 6.45) is 0.911. The van der Waals surface area contributed by atoms with Crippen LogP contribution in [0.4, 0.5) is 5.69 Å². The summed E-state index contributed by atoms with van der Waals surface area (Å²) in [6, 6.07) is 5.52. The van der Waals surface area contributed by atoms with Gasteiger partial charge in [0.1, 0.15) is 6.04 Å². The van der Waals surface area contributed by atoms with Crippen LogP contribution in [0.5, 0.6) is 0 Å². The van der Waals surface area contributed by atoms with Crippen LogP contribution in [-0.4, -0.2) is 48.7 Å². The second kappa shape index (κ2) is 5.92. The van der Waals surface area contributed by atoms with Gasteiger partial charge in [-0.2, -0.15) is 0 Å². The summed E-state index contributed by atoms with van der Waals surface area (Å²) in [5, 5.41) is 9.58. The van der Waals surface area contributed by atoms with Gasteiger partial charge in [-0.25, -0.2) is 0 Å². The average Bonchev–Trinajstić information content (AvgIpc) is 2.50. The van der Waals surface area contributed by atoms with E-state index < -0.39 is 6.04 Å². The lowest BCUT2D eigenvalue weighted by Crippen LogP contribution is -2.47. The van der Waals surface area contributed by atoms with Gasteiger partial charge in [-0.05, 0) is 37.1 Å². The van der Waals surface area contributed by atoms with Crippen molar-refractivity contribution >= 4 is 27.5 Å². The summed E-state index contributed by atoms with van der Waals surface area (Å²) in [7, 11) is 1.79. The van der Waals surface area contributed by atoms with Crippen molar-refractivity contribution in [2.75, 3.05) is 31.6 Å². The van der Waals surface area contributed by atoms with Gasteiger partial charge in [0.25, 0.3) is 0 Å². The third-order valence-electron chi connectivity index (χ3n) is 3.57. The van der Waals surface area contributed by atoms with Gasteiger partial charge >= 0.3 is 0 Å². The van der Waals surface area contributed by atoms with Gasteiger partial charge in [-0.1, -0.05) is 15.9 Å². The summed E-state index contributed by atoms with van der Waals surface area (Å²) < 4.78 is 1.02. The van der Waals surface area contributed by atoms with Crippen LogP contribution in [0.3, 0.4) is 0 Å². The van der Waals surface area contributed by atoms with Gasteiger partial charge in [-0.3, -0.25) is 4.79 Å².